The summed E-state index contributed by atoms with van der Waals surface area (Å²) in [4.78, 5) is 5.46. The molecule has 7 heteroatoms. The summed E-state index contributed by atoms with van der Waals surface area (Å²) < 4.78 is 30.1. The lowest BCUT2D eigenvalue weighted by molar-refractivity contribution is 0.242. The molecule has 1 aromatic heterocycles. The number of H-pyrrole nitrogens is 1. The molecule has 0 fully saturated rings. The van der Waals surface area contributed by atoms with Gasteiger partial charge in [-0.1, -0.05) is 18.2 Å². The van der Waals surface area contributed by atoms with Gasteiger partial charge < -0.3 is 9.72 Å². The van der Waals surface area contributed by atoms with Crippen LogP contribution in [0.3, 0.4) is 0 Å². The first-order valence-electron chi connectivity index (χ1n) is 7.83. The van der Waals surface area contributed by atoms with E-state index in [0.717, 1.165) is 16.5 Å². The summed E-state index contributed by atoms with van der Waals surface area (Å²) in [6.07, 6.45) is 3.29. The second-order valence-corrected chi connectivity index (χ2v) is 7.44. The number of aromatic nitrogens is 1. The maximum absolute atomic E-state index is 12.3. The molecule has 0 saturated heterocycles. The second kappa shape index (κ2) is 6.98. The van der Waals surface area contributed by atoms with Gasteiger partial charge in [-0.15, -0.1) is 0 Å². The number of fused-ring (bicyclic) bond motifs is 1. The van der Waals surface area contributed by atoms with Gasteiger partial charge in [-0.05, 0) is 44.2 Å². The van der Waals surface area contributed by atoms with E-state index in [9.17, 15) is 8.42 Å². The predicted octanol–water partition coefficient (Wildman–Crippen LogP) is 3.27. The standard InChI is InChI=1S/C18H19N3O3S/c1-13(2)24-15-7-9-16(10-8-15)25(22,23)21-20-12-14-11-19-18-6-4-3-5-17(14)18/h3-13,19,21H,1-2H3/b20-12+. The van der Waals surface area contributed by atoms with E-state index in [-0.39, 0.29) is 11.0 Å². The molecule has 0 amide bonds. The van der Waals surface area contributed by atoms with Crippen LogP contribution in [0, 0.1) is 0 Å². The molecule has 0 aliphatic heterocycles. The van der Waals surface area contributed by atoms with E-state index in [4.69, 9.17) is 4.74 Å². The third-order valence-corrected chi connectivity index (χ3v) is 4.74. The smallest absolute Gasteiger partial charge is 0.276 e. The van der Waals surface area contributed by atoms with Crippen molar-refractivity contribution < 1.29 is 13.2 Å². The molecule has 6 nitrogen and oxygen atoms in total. The van der Waals surface area contributed by atoms with E-state index in [0.29, 0.717) is 5.75 Å². The van der Waals surface area contributed by atoms with E-state index >= 15 is 0 Å². The van der Waals surface area contributed by atoms with Gasteiger partial charge >= 0.3 is 0 Å². The van der Waals surface area contributed by atoms with Crippen LogP contribution in [-0.4, -0.2) is 25.7 Å². The molecule has 3 aromatic rings. The van der Waals surface area contributed by atoms with E-state index in [1.165, 1.54) is 18.3 Å². The summed E-state index contributed by atoms with van der Waals surface area (Å²) in [7, 11) is -3.73. The monoisotopic (exact) mass is 357 g/mol. The lowest BCUT2D eigenvalue weighted by atomic mass is 10.2. The minimum Gasteiger partial charge on any atom is -0.491 e. The fourth-order valence-corrected chi connectivity index (χ4v) is 3.18. The van der Waals surface area contributed by atoms with Crippen LogP contribution in [0.1, 0.15) is 19.4 Å². The minimum atomic E-state index is -3.73. The number of aromatic amines is 1. The maximum atomic E-state index is 12.3. The Morgan fingerprint density at radius 1 is 1.12 bits per heavy atom. The number of para-hydroxylation sites is 1. The zero-order chi connectivity index (χ0) is 17.9. The molecule has 0 unspecified atom stereocenters. The summed E-state index contributed by atoms with van der Waals surface area (Å²) in [5, 5.41) is 4.84. The van der Waals surface area contributed by atoms with Crippen LogP contribution in [-0.2, 0) is 10.0 Å². The highest BCUT2D eigenvalue weighted by Gasteiger charge is 2.13. The quantitative estimate of drug-likeness (QED) is 0.525. The van der Waals surface area contributed by atoms with Gasteiger partial charge in [-0.25, -0.2) is 4.83 Å². The number of benzene rings is 2. The Balaban J connectivity index is 1.73. The molecule has 1 heterocycles. The Labute approximate surface area is 146 Å². The van der Waals surface area contributed by atoms with E-state index in [1.807, 2.05) is 38.1 Å². The van der Waals surface area contributed by atoms with Crippen LogP contribution < -0.4 is 9.57 Å². The van der Waals surface area contributed by atoms with Crippen LogP contribution >= 0.6 is 0 Å². The summed E-state index contributed by atoms with van der Waals surface area (Å²) in [5.74, 6) is 0.622. The lowest BCUT2D eigenvalue weighted by Gasteiger charge is -2.10. The van der Waals surface area contributed by atoms with Crippen molar-refractivity contribution in [2.24, 2.45) is 5.10 Å². The molecular weight excluding hydrogens is 338 g/mol. The number of nitrogens with zero attached hydrogens (tertiary/aromatic N) is 1. The molecule has 0 radical (unpaired) electrons. The van der Waals surface area contributed by atoms with E-state index in [2.05, 4.69) is 14.9 Å². The van der Waals surface area contributed by atoms with Gasteiger partial charge in [0.2, 0.25) is 0 Å². The topological polar surface area (TPSA) is 83.6 Å². The Hall–Kier alpha value is -2.80. The normalized spacial score (nSPS) is 12.1. The molecule has 0 spiro atoms. The first-order valence-corrected chi connectivity index (χ1v) is 9.32. The zero-order valence-electron chi connectivity index (χ0n) is 13.9. The number of hydrogen-bond acceptors (Lipinski definition) is 4. The van der Waals surface area contributed by atoms with Crippen LogP contribution in [0.2, 0.25) is 0 Å². The van der Waals surface area contributed by atoms with Gasteiger partial charge in [0.1, 0.15) is 5.75 Å². The highest BCUT2D eigenvalue weighted by atomic mass is 32.2. The van der Waals surface area contributed by atoms with Crippen molar-refractivity contribution in [2.45, 2.75) is 24.8 Å². The van der Waals surface area contributed by atoms with Crippen molar-refractivity contribution in [3.8, 4) is 5.75 Å². The zero-order valence-corrected chi connectivity index (χ0v) is 14.7. The van der Waals surface area contributed by atoms with Crippen molar-refractivity contribution in [3.05, 3.63) is 60.3 Å². The van der Waals surface area contributed by atoms with Crippen molar-refractivity contribution in [1.82, 2.24) is 9.82 Å². The molecule has 2 N–H and O–H groups in total. The average molecular weight is 357 g/mol. The summed E-state index contributed by atoms with van der Waals surface area (Å²) in [6.45, 7) is 3.82. The summed E-state index contributed by atoms with van der Waals surface area (Å²) in [5.41, 5.74) is 1.77. The molecular formula is C18H19N3O3S. The van der Waals surface area contributed by atoms with Crippen molar-refractivity contribution in [2.75, 3.05) is 0 Å². The molecule has 0 aliphatic rings. The first kappa shape index (κ1) is 17.0. The third kappa shape index (κ3) is 4.00. The Bertz CT molecular complexity index is 990. The number of hydrazone groups is 1. The molecule has 0 atom stereocenters. The summed E-state index contributed by atoms with van der Waals surface area (Å²) in [6, 6.07) is 13.9. The number of nitrogens with one attached hydrogen (secondary N) is 2. The number of sulfonamides is 1. The Morgan fingerprint density at radius 2 is 1.84 bits per heavy atom. The second-order valence-electron chi connectivity index (χ2n) is 5.78. The molecule has 0 bridgehead atoms. The number of hydrogen-bond donors (Lipinski definition) is 2. The van der Waals surface area contributed by atoms with Crippen molar-refractivity contribution in [1.29, 1.82) is 0 Å². The average Bonchev–Trinajstić information content (AvgIpc) is 2.98. The first-order chi connectivity index (χ1) is 12.0. The number of ether oxygens (including phenoxy) is 1. The highest BCUT2D eigenvalue weighted by Crippen LogP contribution is 2.18. The van der Waals surface area contributed by atoms with E-state index < -0.39 is 10.0 Å². The predicted molar refractivity (Wildman–Crippen MR) is 98.4 cm³/mol. The molecule has 2 aromatic carbocycles. The fraction of sp³-hybridized carbons (Fsp3) is 0.167. The molecule has 3 rings (SSSR count). The highest BCUT2D eigenvalue weighted by molar-refractivity contribution is 7.89. The minimum absolute atomic E-state index is 0.0290. The van der Waals surface area contributed by atoms with Crippen molar-refractivity contribution >= 4 is 27.1 Å². The van der Waals surface area contributed by atoms with Gasteiger partial charge in [0.25, 0.3) is 10.0 Å². The fourth-order valence-electron chi connectivity index (χ4n) is 2.39. The van der Waals surface area contributed by atoms with Gasteiger partial charge in [0, 0.05) is 22.7 Å². The molecule has 0 saturated carbocycles. The van der Waals surface area contributed by atoms with Crippen LogP contribution in [0.15, 0.2) is 64.7 Å². The van der Waals surface area contributed by atoms with E-state index in [1.54, 1.807) is 18.3 Å². The summed E-state index contributed by atoms with van der Waals surface area (Å²) >= 11 is 0. The largest absolute Gasteiger partial charge is 0.491 e. The Kier molecular flexibility index (Phi) is 4.76. The number of rotatable bonds is 6. The molecule has 0 aliphatic carbocycles. The van der Waals surface area contributed by atoms with Gasteiger partial charge in [-0.2, -0.15) is 13.5 Å². The molecule has 130 valence electrons. The van der Waals surface area contributed by atoms with Crippen molar-refractivity contribution in [3.63, 3.8) is 0 Å². The molecule has 25 heavy (non-hydrogen) atoms. The lowest BCUT2D eigenvalue weighted by Crippen LogP contribution is -2.18. The van der Waals surface area contributed by atoms with Crippen LogP contribution in [0.5, 0.6) is 5.75 Å². The van der Waals surface area contributed by atoms with Gasteiger partial charge in [0.05, 0.1) is 17.2 Å². The van der Waals surface area contributed by atoms with Gasteiger partial charge in [-0.3, -0.25) is 0 Å². The third-order valence-electron chi connectivity index (χ3n) is 3.50. The van der Waals surface area contributed by atoms with Crippen LogP contribution in [0.25, 0.3) is 10.9 Å². The Morgan fingerprint density at radius 3 is 2.56 bits per heavy atom. The maximum Gasteiger partial charge on any atom is 0.276 e. The SMILES string of the molecule is CC(C)Oc1ccc(S(=O)(=O)N/N=C/c2c[nH]c3ccccc23)cc1. The van der Waals surface area contributed by atoms with Gasteiger partial charge in [0.15, 0.2) is 0 Å². The van der Waals surface area contributed by atoms with Crippen LogP contribution in [0.4, 0.5) is 0 Å².